The smallest absolute Gasteiger partial charge is 0.279 e. The molecular formula is C19H17ClFN2O2+. The summed E-state index contributed by atoms with van der Waals surface area (Å²) in [6, 6.07) is 17.3. The van der Waals surface area contributed by atoms with Gasteiger partial charge < -0.3 is 15.1 Å². The molecule has 0 aliphatic heterocycles. The van der Waals surface area contributed by atoms with E-state index in [0.29, 0.717) is 5.02 Å². The Morgan fingerprint density at radius 1 is 1.16 bits per heavy atom. The van der Waals surface area contributed by atoms with E-state index in [1.165, 1.54) is 18.2 Å². The summed E-state index contributed by atoms with van der Waals surface area (Å²) in [6.45, 7) is 0.103. The van der Waals surface area contributed by atoms with Gasteiger partial charge in [0, 0.05) is 10.6 Å². The highest BCUT2D eigenvalue weighted by Gasteiger charge is 2.21. The molecule has 1 atom stereocenters. The second kappa shape index (κ2) is 7.96. The van der Waals surface area contributed by atoms with Crippen LogP contribution >= 0.6 is 11.6 Å². The van der Waals surface area contributed by atoms with E-state index in [1.54, 1.807) is 12.3 Å². The quantitative estimate of drug-likeness (QED) is 0.709. The minimum atomic E-state index is -0.525. The van der Waals surface area contributed by atoms with Crippen molar-refractivity contribution < 1.29 is 18.9 Å². The van der Waals surface area contributed by atoms with Crippen molar-refractivity contribution in [2.75, 3.05) is 11.9 Å². The Hall–Kier alpha value is -2.63. The summed E-state index contributed by atoms with van der Waals surface area (Å²) >= 11 is 5.84. The molecule has 2 aromatic carbocycles. The normalized spacial score (nSPS) is 11.9. The fourth-order valence-corrected chi connectivity index (χ4v) is 2.74. The zero-order valence-electron chi connectivity index (χ0n) is 13.3. The number of hydrogen-bond donors (Lipinski definition) is 2. The van der Waals surface area contributed by atoms with Crippen molar-refractivity contribution in [3.05, 3.63) is 89.1 Å². The van der Waals surface area contributed by atoms with Gasteiger partial charge in [0.05, 0.1) is 12.0 Å². The fraction of sp³-hybridized carbons (Fsp3) is 0.105. The SMILES string of the molecule is O=C(C[NH2+][C@@H](c1ccccc1)c1ccco1)Nc1cc(Cl)ccc1F. The zero-order valence-corrected chi connectivity index (χ0v) is 14.0. The Kier molecular flexibility index (Phi) is 5.48. The lowest BCUT2D eigenvalue weighted by Crippen LogP contribution is -2.87. The highest BCUT2D eigenvalue weighted by molar-refractivity contribution is 6.30. The molecule has 128 valence electrons. The highest BCUT2D eigenvalue weighted by atomic mass is 35.5. The van der Waals surface area contributed by atoms with E-state index < -0.39 is 5.82 Å². The van der Waals surface area contributed by atoms with Gasteiger partial charge in [0.25, 0.3) is 5.91 Å². The van der Waals surface area contributed by atoms with Gasteiger partial charge in [0.15, 0.2) is 18.3 Å². The number of carbonyl (C=O) groups excluding carboxylic acids is 1. The number of nitrogens with two attached hydrogens (primary N) is 1. The van der Waals surface area contributed by atoms with Gasteiger partial charge in [-0.3, -0.25) is 4.79 Å². The Morgan fingerprint density at radius 3 is 2.68 bits per heavy atom. The lowest BCUT2D eigenvalue weighted by Gasteiger charge is -2.14. The molecule has 3 N–H and O–H groups in total. The predicted octanol–water partition coefficient (Wildman–Crippen LogP) is 3.36. The van der Waals surface area contributed by atoms with Crippen molar-refractivity contribution in [2.24, 2.45) is 0 Å². The Balaban J connectivity index is 1.69. The molecule has 3 aromatic rings. The third kappa shape index (κ3) is 4.47. The molecule has 1 aromatic heterocycles. The van der Waals surface area contributed by atoms with Crippen LogP contribution in [0.2, 0.25) is 5.02 Å². The molecule has 3 rings (SSSR count). The van der Waals surface area contributed by atoms with Crippen LogP contribution in [0.3, 0.4) is 0 Å². The molecule has 0 aliphatic rings. The first-order chi connectivity index (χ1) is 12.1. The molecule has 1 amide bonds. The summed E-state index contributed by atoms with van der Waals surface area (Å²) < 4.78 is 19.2. The van der Waals surface area contributed by atoms with Gasteiger partial charge in [-0.15, -0.1) is 0 Å². The minimum absolute atomic E-state index is 0.0696. The highest BCUT2D eigenvalue weighted by Crippen LogP contribution is 2.20. The standard InChI is InChI=1S/C19H16ClFN2O2/c20-14-8-9-15(21)16(11-14)23-18(24)12-22-19(17-7-4-10-25-17)13-5-2-1-3-6-13/h1-11,19,22H,12H2,(H,23,24)/p+1/t19-/m0/s1. The first kappa shape index (κ1) is 17.2. The maximum atomic E-state index is 13.7. The van der Waals surface area contributed by atoms with Crippen molar-refractivity contribution in [3.8, 4) is 0 Å². The first-order valence-electron chi connectivity index (χ1n) is 7.80. The van der Waals surface area contributed by atoms with Crippen LogP contribution in [0.4, 0.5) is 10.1 Å². The number of nitrogens with one attached hydrogen (secondary N) is 1. The average molecular weight is 360 g/mol. The van der Waals surface area contributed by atoms with E-state index in [9.17, 15) is 9.18 Å². The molecular weight excluding hydrogens is 343 g/mol. The molecule has 0 saturated heterocycles. The molecule has 25 heavy (non-hydrogen) atoms. The molecule has 4 nitrogen and oxygen atoms in total. The third-order valence-corrected chi connectivity index (χ3v) is 3.98. The maximum absolute atomic E-state index is 13.7. The molecule has 1 heterocycles. The van der Waals surface area contributed by atoms with E-state index in [2.05, 4.69) is 5.32 Å². The molecule has 0 unspecified atom stereocenters. The van der Waals surface area contributed by atoms with Gasteiger partial charge in [-0.25, -0.2) is 4.39 Å². The molecule has 0 spiro atoms. The van der Waals surface area contributed by atoms with Gasteiger partial charge in [0.2, 0.25) is 0 Å². The topological polar surface area (TPSA) is 58.9 Å². The van der Waals surface area contributed by atoms with Crippen LogP contribution in [0.1, 0.15) is 17.4 Å². The second-order valence-electron chi connectivity index (χ2n) is 5.52. The summed E-state index contributed by atoms with van der Waals surface area (Å²) in [5.41, 5.74) is 1.08. The van der Waals surface area contributed by atoms with Crippen LogP contribution in [0.15, 0.2) is 71.3 Å². The molecule has 0 aliphatic carbocycles. The fourth-order valence-electron chi connectivity index (χ4n) is 2.56. The molecule has 0 radical (unpaired) electrons. The summed E-state index contributed by atoms with van der Waals surface area (Å²) in [4.78, 5) is 12.2. The van der Waals surface area contributed by atoms with Crippen LogP contribution < -0.4 is 10.6 Å². The number of benzene rings is 2. The zero-order chi connectivity index (χ0) is 17.6. The van der Waals surface area contributed by atoms with E-state index in [0.717, 1.165) is 11.3 Å². The molecule has 6 heteroatoms. The maximum Gasteiger partial charge on any atom is 0.279 e. The number of amides is 1. The van der Waals surface area contributed by atoms with Crippen molar-refractivity contribution in [1.82, 2.24) is 0 Å². The van der Waals surface area contributed by atoms with Crippen LogP contribution in [0.5, 0.6) is 0 Å². The van der Waals surface area contributed by atoms with Gasteiger partial charge in [-0.2, -0.15) is 0 Å². The van der Waals surface area contributed by atoms with Crippen LogP contribution in [-0.2, 0) is 4.79 Å². The number of anilines is 1. The molecule has 0 saturated carbocycles. The Morgan fingerprint density at radius 2 is 1.96 bits per heavy atom. The largest absolute Gasteiger partial charge is 0.463 e. The van der Waals surface area contributed by atoms with Crippen molar-refractivity contribution >= 4 is 23.2 Å². The second-order valence-corrected chi connectivity index (χ2v) is 5.95. The number of quaternary nitrogens is 1. The monoisotopic (exact) mass is 359 g/mol. The average Bonchev–Trinajstić information content (AvgIpc) is 3.14. The first-order valence-corrected chi connectivity index (χ1v) is 8.18. The summed E-state index contributed by atoms with van der Waals surface area (Å²) in [5, 5.41) is 4.74. The molecule has 0 bridgehead atoms. The Labute approximate surface area is 149 Å². The lowest BCUT2D eigenvalue weighted by molar-refractivity contribution is -0.678. The van der Waals surface area contributed by atoms with Gasteiger partial charge in [-0.05, 0) is 30.3 Å². The number of furan rings is 1. The van der Waals surface area contributed by atoms with Gasteiger partial charge in [-0.1, -0.05) is 41.9 Å². The summed E-state index contributed by atoms with van der Waals surface area (Å²) in [6.07, 6.45) is 1.60. The van der Waals surface area contributed by atoms with Gasteiger partial charge in [0.1, 0.15) is 5.82 Å². The van der Waals surface area contributed by atoms with E-state index >= 15 is 0 Å². The number of carbonyl (C=O) groups is 1. The summed E-state index contributed by atoms with van der Waals surface area (Å²) in [7, 11) is 0. The molecule has 0 fully saturated rings. The van der Waals surface area contributed by atoms with E-state index in [4.69, 9.17) is 16.0 Å². The third-order valence-electron chi connectivity index (χ3n) is 3.75. The minimum Gasteiger partial charge on any atom is -0.463 e. The van der Waals surface area contributed by atoms with Crippen molar-refractivity contribution in [1.29, 1.82) is 0 Å². The van der Waals surface area contributed by atoms with Crippen LogP contribution in [0.25, 0.3) is 0 Å². The van der Waals surface area contributed by atoms with Gasteiger partial charge >= 0.3 is 0 Å². The van der Waals surface area contributed by atoms with Crippen molar-refractivity contribution in [3.63, 3.8) is 0 Å². The van der Waals surface area contributed by atoms with Crippen LogP contribution in [-0.4, -0.2) is 12.5 Å². The van der Waals surface area contributed by atoms with E-state index in [1.807, 2.05) is 41.7 Å². The van der Waals surface area contributed by atoms with Crippen LogP contribution in [0, 0.1) is 5.82 Å². The number of rotatable bonds is 6. The predicted molar refractivity (Wildman–Crippen MR) is 93.8 cm³/mol. The summed E-state index contributed by atoms with van der Waals surface area (Å²) in [5.74, 6) is -0.106. The lowest BCUT2D eigenvalue weighted by atomic mass is 10.0. The number of halogens is 2. The van der Waals surface area contributed by atoms with Crippen molar-refractivity contribution in [2.45, 2.75) is 6.04 Å². The van der Waals surface area contributed by atoms with E-state index in [-0.39, 0.29) is 24.2 Å². The Bertz CT molecular complexity index is 838. The number of hydrogen-bond acceptors (Lipinski definition) is 2.